The predicted octanol–water partition coefficient (Wildman–Crippen LogP) is 2.09. The van der Waals surface area contributed by atoms with Gasteiger partial charge in [-0.15, -0.1) is 0 Å². The molecule has 1 saturated carbocycles. The average molecular weight is 245 g/mol. The molecule has 2 aliphatic rings. The van der Waals surface area contributed by atoms with E-state index in [0.717, 1.165) is 12.0 Å². The maximum absolute atomic E-state index is 11.0. The van der Waals surface area contributed by atoms with E-state index in [1.165, 1.54) is 0 Å². The fraction of sp³-hybridized carbons (Fsp3) is 0.429. The van der Waals surface area contributed by atoms with Crippen molar-refractivity contribution in [2.75, 3.05) is 0 Å². The maximum atomic E-state index is 11.0. The number of aliphatic imine (C=N–C) groups is 1. The number of carboxylic acid groups (broad SMARTS) is 1. The Morgan fingerprint density at radius 2 is 2.06 bits per heavy atom. The Morgan fingerprint density at radius 1 is 1.28 bits per heavy atom. The number of hydrogen-bond acceptors (Lipinski definition) is 3. The Hall–Kier alpha value is -1.84. The molecule has 0 aromatic heterocycles. The molecule has 94 valence electrons. The van der Waals surface area contributed by atoms with Gasteiger partial charge < -0.3 is 9.84 Å². The van der Waals surface area contributed by atoms with E-state index in [9.17, 15) is 4.79 Å². The fourth-order valence-electron chi connectivity index (χ4n) is 2.66. The molecule has 3 rings (SSSR count). The highest BCUT2D eigenvalue weighted by molar-refractivity contribution is 5.95. The van der Waals surface area contributed by atoms with Gasteiger partial charge in [-0.05, 0) is 31.4 Å². The lowest BCUT2D eigenvalue weighted by Gasteiger charge is -2.26. The summed E-state index contributed by atoms with van der Waals surface area (Å²) in [5.74, 6) is -0.335. The second-order valence-electron chi connectivity index (χ2n) is 4.87. The smallest absolute Gasteiger partial charge is 0.306 e. The van der Waals surface area contributed by atoms with Gasteiger partial charge in [0.05, 0.1) is 12.0 Å². The summed E-state index contributed by atoms with van der Waals surface area (Å²) in [5.41, 5.74) is 0.971. The molecule has 0 amide bonds. The Balaban J connectivity index is 1.75. The van der Waals surface area contributed by atoms with E-state index in [1.807, 2.05) is 30.3 Å². The zero-order chi connectivity index (χ0) is 12.5. The molecule has 4 heteroatoms. The number of benzene rings is 1. The third-order valence-corrected chi connectivity index (χ3v) is 3.67. The number of ether oxygens (including phenoxy) is 1. The van der Waals surface area contributed by atoms with Gasteiger partial charge in [-0.2, -0.15) is 0 Å². The molecule has 1 fully saturated rings. The van der Waals surface area contributed by atoms with Gasteiger partial charge in [-0.3, -0.25) is 4.79 Å². The van der Waals surface area contributed by atoms with Crippen LogP contribution >= 0.6 is 0 Å². The van der Waals surface area contributed by atoms with Crippen LogP contribution in [0, 0.1) is 5.92 Å². The topological polar surface area (TPSA) is 58.9 Å². The van der Waals surface area contributed by atoms with Crippen molar-refractivity contribution < 1.29 is 14.6 Å². The molecule has 3 unspecified atom stereocenters. The summed E-state index contributed by atoms with van der Waals surface area (Å²) >= 11 is 0. The molecule has 0 saturated heterocycles. The summed E-state index contributed by atoms with van der Waals surface area (Å²) < 4.78 is 5.82. The highest BCUT2D eigenvalue weighted by Gasteiger charge is 2.39. The fourth-order valence-corrected chi connectivity index (χ4v) is 2.66. The number of carbonyl (C=O) groups is 1. The molecule has 1 aromatic carbocycles. The zero-order valence-corrected chi connectivity index (χ0v) is 9.95. The molecule has 4 nitrogen and oxygen atoms in total. The lowest BCUT2D eigenvalue weighted by Crippen LogP contribution is -2.34. The number of nitrogens with zero attached hydrogens (tertiary/aromatic N) is 1. The molecule has 1 heterocycles. The van der Waals surface area contributed by atoms with Crippen LogP contribution < -0.4 is 0 Å². The van der Waals surface area contributed by atoms with Crippen molar-refractivity contribution in [1.29, 1.82) is 0 Å². The van der Waals surface area contributed by atoms with Gasteiger partial charge in [0.15, 0.2) is 0 Å². The highest BCUT2D eigenvalue weighted by Crippen LogP contribution is 2.33. The first-order chi connectivity index (χ1) is 8.74. The van der Waals surface area contributed by atoms with Crippen LogP contribution in [0.1, 0.15) is 24.8 Å². The lowest BCUT2D eigenvalue weighted by atomic mass is 9.84. The minimum atomic E-state index is -0.717. The molecule has 0 bridgehead atoms. The zero-order valence-electron chi connectivity index (χ0n) is 9.95. The van der Waals surface area contributed by atoms with Crippen LogP contribution in [-0.4, -0.2) is 29.1 Å². The van der Waals surface area contributed by atoms with Crippen LogP contribution in [0.25, 0.3) is 0 Å². The van der Waals surface area contributed by atoms with Gasteiger partial charge in [0.25, 0.3) is 0 Å². The van der Waals surface area contributed by atoms with Crippen molar-refractivity contribution in [2.45, 2.75) is 31.4 Å². The lowest BCUT2D eigenvalue weighted by molar-refractivity contribution is -0.143. The molecule has 0 spiro atoms. The molecule has 1 aliphatic heterocycles. The third-order valence-electron chi connectivity index (χ3n) is 3.67. The van der Waals surface area contributed by atoms with Crippen LogP contribution in [0.15, 0.2) is 35.3 Å². The van der Waals surface area contributed by atoms with Crippen LogP contribution in [0.3, 0.4) is 0 Å². The monoisotopic (exact) mass is 245 g/mol. The van der Waals surface area contributed by atoms with Crippen LogP contribution in [0.4, 0.5) is 0 Å². The Morgan fingerprint density at radius 3 is 2.78 bits per heavy atom. The quantitative estimate of drug-likeness (QED) is 0.867. The largest absolute Gasteiger partial charge is 0.481 e. The van der Waals surface area contributed by atoms with Crippen molar-refractivity contribution >= 4 is 11.9 Å². The summed E-state index contributed by atoms with van der Waals surface area (Å²) in [4.78, 5) is 15.6. The van der Waals surface area contributed by atoms with Crippen LogP contribution in [-0.2, 0) is 9.53 Å². The molecule has 18 heavy (non-hydrogen) atoms. The van der Waals surface area contributed by atoms with E-state index in [2.05, 4.69) is 4.99 Å². The van der Waals surface area contributed by atoms with E-state index < -0.39 is 5.97 Å². The third kappa shape index (κ3) is 1.98. The Labute approximate surface area is 105 Å². The highest BCUT2D eigenvalue weighted by atomic mass is 16.5. The second-order valence-corrected chi connectivity index (χ2v) is 4.87. The van der Waals surface area contributed by atoms with Crippen molar-refractivity contribution in [2.24, 2.45) is 10.9 Å². The minimum absolute atomic E-state index is 0.0601. The molecule has 3 atom stereocenters. The van der Waals surface area contributed by atoms with Gasteiger partial charge in [0.1, 0.15) is 6.10 Å². The van der Waals surface area contributed by atoms with Crippen molar-refractivity contribution in [1.82, 2.24) is 0 Å². The maximum Gasteiger partial charge on any atom is 0.306 e. The molecule has 1 aliphatic carbocycles. The van der Waals surface area contributed by atoms with Crippen molar-refractivity contribution in [3.05, 3.63) is 35.9 Å². The Bertz CT molecular complexity index is 483. The van der Waals surface area contributed by atoms with E-state index in [0.29, 0.717) is 18.7 Å². The van der Waals surface area contributed by atoms with Gasteiger partial charge in [0, 0.05) is 5.56 Å². The first-order valence-electron chi connectivity index (χ1n) is 6.27. The standard InChI is InChI=1S/C14H15NO3/c16-14(17)10-6-7-11-12(8-10)18-13(15-11)9-4-2-1-3-5-9/h1-5,10-12H,6-8H2,(H,16,17). The summed E-state index contributed by atoms with van der Waals surface area (Å²) in [6.07, 6.45) is 2.01. The first kappa shape index (κ1) is 11.3. The Kier molecular flexibility index (Phi) is 2.78. The number of carboxylic acids is 1. The number of rotatable bonds is 2. The van der Waals surface area contributed by atoms with Gasteiger partial charge in [-0.1, -0.05) is 18.2 Å². The van der Waals surface area contributed by atoms with Crippen LogP contribution in [0.2, 0.25) is 0 Å². The van der Waals surface area contributed by atoms with Gasteiger partial charge in [0.2, 0.25) is 5.90 Å². The number of aliphatic carboxylic acids is 1. The van der Waals surface area contributed by atoms with E-state index in [4.69, 9.17) is 9.84 Å². The molecule has 0 radical (unpaired) electrons. The summed E-state index contributed by atoms with van der Waals surface area (Å²) in [7, 11) is 0. The molecular formula is C14H15NO3. The second kappa shape index (κ2) is 4.44. The minimum Gasteiger partial charge on any atom is -0.481 e. The number of hydrogen-bond donors (Lipinski definition) is 1. The van der Waals surface area contributed by atoms with Crippen LogP contribution in [0.5, 0.6) is 0 Å². The van der Waals surface area contributed by atoms with Gasteiger partial charge in [-0.25, -0.2) is 4.99 Å². The van der Waals surface area contributed by atoms with Gasteiger partial charge >= 0.3 is 5.97 Å². The first-order valence-corrected chi connectivity index (χ1v) is 6.27. The van der Waals surface area contributed by atoms with Crippen molar-refractivity contribution in [3.8, 4) is 0 Å². The summed E-state index contributed by atoms with van der Waals surface area (Å²) in [5, 5.41) is 9.05. The number of fused-ring (bicyclic) bond motifs is 1. The average Bonchev–Trinajstić information content (AvgIpc) is 2.82. The normalized spacial score (nSPS) is 30.2. The summed E-state index contributed by atoms with van der Waals surface area (Å²) in [6.45, 7) is 0. The predicted molar refractivity (Wildman–Crippen MR) is 66.6 cm³/mol. The van der Waals surface area contributed by atoms with E-state index in [-0.39, 0.29) is 18.1 Å². The summed E-state index contributed by atoms with van der Waals surface area (Å²) in [6, 6.07) is 9.91. The molecule has 1 N–H and O–H groups in total. The van der Waals surface area contributed by atoms with E-state index >= 15 is 0 Å². The van der Waals surface area contributed by atoms with Crippen molar-refractivity contribution in [3.63, 3.8) is 0 Å². The van der Waals surface area contributed by atoms with E-state index in [1.54, 1.807) is 0 Å². The SMILES string of the molecule is O=C(O)C1CCC2N=C(c3ccccc3)OC2C1. The molecule has 1 aromatic rings. The molecular weight excluding hydrogens is 230 g/mol.